The van der Waals surface area contributed by atoms with E-state index in [1.54, 1.807) is 6.07 Å². The van der Waals surface area contributed by atoms with E-state index < -0.39 is 0 Å². The molecule has 0 saturated carbocycles. The van der Waals surface area contributed by atoms with Gasteiger partial charge in [0.15, 0.2) is 5.96 Å². The van der Waals surface area contributed by atoms with Crippen LogP contribution in [0.4, 0.5) is 0 Å². The Bertz CT molecular complexity index is 665. The van der Waals surface area contributed by atoms with Crippen LogP contribution in [0, 0.1) is 5.41 Å². The summed E-state index contributed by atoms with van der Waals surface area (Å²) in [7, 11) is 0. The first kappa shape index (κ1) is 22.4. The number of aliphatic imine (C=N–C) groups is 1. The van der Waals surface area contributed by atoms with Gasteiger partial charge in [0.1, 0.15) is 0 Å². The SMILES string of the molecule is CCNC(=NCCNC(=O)c1cccc(Br)c1)N1CCC2(CCOC2)C1.I. The molecule has 1 aromatic carbocycles. The van der Waals surface area contributed by atoms with E-state index in [2.05, 4.69) is 38.4 Å². The Morgan fingerprint density at radius 2 is 2.22 bits per heavy atom. The molecule has 2 aliphatic heterocycles. The molecule has 2 fully saturated rings. The predicted molar refractivity (Wildman–Crippen MR) is 122 cm³/mol. The Balaban J connectivity index is 0.00000261. The highest BCUT2D eigenvalue weighted by Crippen LogP contribution is 2.38. The van der Waals surface area contributed by atoms with Crippen molar-refractivity contribution >= 4 is 51.8 Å². The predicted octanol–water partition coefficient (Wildman–Crippen LogP) is 2.87. The van der Waals surface area contributed by atoms with Gasteiger partial charge >= 0.3 is 0 Å². The van der Waals surface area contributed by atoms with Crippen LogP contribution in [0.1, 0.15) is 30.1 Å². The zero-order chi connectivity index (χ0) is 18.4. The molecule has 2 saturated heterocycles. The van der Waals surface area contributed by atoms with Crippen molar-refractivity contribution in [2.24, 2.45) is 10.4 Å². The van der Waals surface area contributed by atoms with E-state index in [0.29, 0.717) is 24.1 Å². The van der Waals surface area contributed by atoms with Gasteiger partial charge in [-0.2, -0.15) is 0 Å². The van der Waals surface area contributed by atoms with E-state index in [9.17, 15) is 4.79 Å². The number of carbonyl (C=O) groups is 1. The fraction of sp³-hybridized carbons (Fsp3) is 0.579. The number of nitrogens with one attached hydrogen (secondary N) is 2. The summed E-state index contributed by atoms with van der Waals surface area (Å²) < 4.78 is 6.51. The molecule has 8 heteroatoms. The fourth-order valence-corrected chi connectivity index (χ4v) is 3.98. The molecule has 1 atom stereocenters. The normalized spacial score (nSPS) is 22.0. The fourth-order valence-electron chi connectivity index (χ4n) is 3.58. The van der Waals surface area contributed by atoms with E-state index in [0.717, 1.165) is 56.1 Å². The highest BCUT2D eigenvalue weighted by molar-refractivity contribution is 14.0. The largest absolute Gasteiger partial charge is 0.381 e. The monoisotopic (exact) mass is 550 g/mol. The maximum atomic E-state index is 12.2. The van der Waals surface area contributed by atoms with Crippen LogP contribution in [0.5, 0.6) is 0 Å². The van der Waals surface area contributed by atoms with Gasteiger partial charge in [-0.1, -0.05) is 22.0 Å². The summed E-state index contributed by atoms with van der Waals surface area (Å²) in [6.45, 7) is 7.75. The first-order chi connectivity index (χ1) is 12.6. The van der Waals surface area contributed by atoms with Crippen molar-refractivity contribution in [3.8, 4) is 0 Å². The molecule has 2 heterocycles. The number of hydrogen-bond acceptors (Lipinski definition) is 3. The van der Waals surface area contributed by atoms with Crippen LogP contribution in [-0.2, 0) is 4.74 Å². The highest BCUT2D eigenvalue weighted by atomic mass is 127. The molecule has 3 rings (SSSR count). The van der Waals surface area contributed by atoms with E-state index >= 15 is 0 Å². The van der Waals surface area contributed by atoms with Gasteiger partial charge in [0.25, 0.3) is 5.91 Å². The zero-order valence-electron chi connectivity index (χ0n) is 15.7. The van der Waals surface area contributed by atoms with E-state index in [4.69, 9.17) is 9.73 Å². The first-order valence-electron chi connectivity index (χ1n) is 9.27. The third-order valence-electron chi connectivity index (χ3n) is 5.00. The standard InChI is InChI=1S/C19H27BrN4O2.HI/c1-2-21-18(24-10-6-19(13-24)7-11-26-14-19)23-9-8-22-17(25)15-4-3-5-16(20)12-15;/h3-5,12H,2,6-11,13-14H2,1H3,(H,21,23)(H,22,25);1H. The quantitative estimate of drug-likeness (QED) is 0.256. The summed E-state index contributed by atoms with van der Waals surface area (Å²) in [6, 6.07) is 7.38. The van der Waals surface area contributed by atoms with Gasteiger partial charge in [-0.15, -0.1) is 24.0 Å². The number of ether oxygens (including phenoxy) is 1. The zero-order valence-corrected chi connectivity index (χ0v) is 19.6. The van der Waals surface area contributed by atoms with Crippen LogP contribution in [0.3, 0.4) is 0 Å². The number of amides is 1. The molecule has 1 amide bonds. The molecule has 0 aliphatic carbocycles. The summed E-state index contributed by atoms with van der Waals surface area (Å²) in [5.41, 5.74) is 0.962. The Morgan fingerprint density at radius 1 is 1.37 bits per heavy atom. The van der Waals surface area contributed by atoms with Crippen LogP contribution in [0.2, 0.25) is 0 Å². The third kappa shape index (κ3) is 6.05. The molecule has 1 unspecified atom stereocenters. The van der Waals surface area contributed by atoms with Gasteiger partial charge in [0.2, 0.25) is 0 Å². The number of hydrogen-bond donors (Lipinski definition) is 2. The summed E-state index contributed by atoms with van der Waals surface area (Å²) in [5, 5.41) is 6.30. The topological polar surface area (TPSA) is 66.0 Å². The Kier molecular flexibility index (Phi) is 8.81. The number of benzene rings is 1. The smallest absolute Gasteiger partial charge is 0.251 e. The lowest BCUT2D eigenvalue weighted by Crippen LogP contribution is -2.42. The average Bonchev–Trinajstić information content (AvgIpc) is 3.27. The minimum atomic E-state index is -0.0743. The minimum Gasteiger partial charge on any atom is -0.381 e. The molecular weight excluding hydrogens is 523 g/mol. The van der Waals surface area contributed by atoms with Crippen LogP contribution in [0.15, 0.2) is 33.7 Å². The number of nitrogens with zero attached hydrogens (tertiary/aromatic N) is 2. The summed E-state index contributed by atoms with van der Waals surface area (Å²) in [6.07, 6.45) is 2.31. The van der Waals surface area contributed by atoms with Gasteiger partial charge in [0, 0.05) is 48.2 Å². The van der Waals surface area contributed by atoms with Crippen LogP contribution >= 0.6 is 39.9 Å². The van der Waals surface area contributed by atoms with Gasteiger partial charge in [-0.3, -0.25) is 9.79 Å². The van der Waals surface area contributed by atoms with Crippen molar-refractivity contribution in [2.45, 2.75) is 19.8 Å². The Labute approximate surface area is 186 Å². The number of carbonyl (C=O) groups excluding carboxylic acids is 1. The van der Waals surface area contributed by atoms with Crippen LogP contribution in [0.25, 0.3) is 0 Å². The van der Waals surface area contributed by atoms with E-state index in [1.165, 1.54) is 0 Å². The van der Waals surface area contributed by atoms with Gasteiger partial charge in [-0.25, -0.2) is 0 Å². The molecule has 150 valence electrons. The van der Waals surface area contributed by atoms with Gasteiger partial charge in [-0.05, 0) is 38.0 Å². The minimum absolute atomic E-state index is 0. The summed E-state index contributed by atoms with van der Waals surface area (Å²) in [4.78, 5) is 19.2. The molecule has 1 aromatic rings. The molecule has 2 N–H and O–H groups in total. The van der Waals surface area contributed by atoms with Crippen molar-refractivity contribution in [3.05, 3.63) is 34.3 Å². The number of likely N-dealkylation sites (tertiary alicyclic amines) is 1. The lowest BCUT2D eigenvalue weighted by molar-refractivity contribution is 0.0954. The van der Waals surface area contributed by atoms with E-state index in [-0.39, 0.29) is 29.9 Å². The van der Waals surface area contributed by atoms with Crippen molar-refractivity contribution in [1.29, 1.82) is 0 Å². The highest BCUT2D eigenvalue weighted by Gasteiger charge is 2.42. The maximum absolute atomic E-state index is 12.2. The lowest BCUT2D eigenvalue weighted by Gasteiger charge is -2.25. The average molecular weight is 551 g/mol. The van der Waals surface area contributed by atoms with Gasteiger partial charge < -0.3 is 20.3 Å². The Morgan fingerprint density at radius 3 is 2.93 bits per heavy atom. The molecule has 0 bridgehead atoms. The lowest BCUT2D eigenvalue weighted by atomic mass is 9.87. The molecule has 1 spiro atoms. The maximum Gasteiger partial charge on any atom is 0.251 e. The first-order valence-corrected chi connectivity index (χ1v) is 10.1. The second-order valence-electron chi connectivity index (χ2n) is 6.98. The Hall–Kier alpha value is -0.870. The number of rotatable bonds is 5. The number of halogens is 2. The van der Waals surface area contributed by atoms with Crippen molar-refractivity contribution in [3.63, 3.8) is 0 Å². The van der Waals surface area contributed by atoms with Crippen molar-refractivity contribution < 1.29 is 9.53 Å². The van der Waals surface area contributed by atoms with Crippen LogP contribution < -0.4 is 10.6 Å². The molecule has 27 heavy (non-hydrogen) atoms. The molecule has 6 nitrogen and oxygen atoms in total. The van der Waals surface area contributed by atoms with Crippen molar-refractivity contribution in [2.75, 3.05) is 45.9 Å². The number of guanidine groups is 1. The third-order valence-corrected chi connectivity index (χ3v) is 5.50. The van der Waals surface area contributed by atoms with E-state index in [1.807, 2.05) is 18.2 Å². The summed E-state index contributed by atoms with van der Waals surface area (Å²) >= 11 is 3.39. The summed E-state index contributed by atoms with van der Waals surface area (Å²) in [5.74, 6) is 0.864. The van der Waals surface area contributed by atoms with Gasteiger partial charge in [0.05, 0.1) is 13.2 Å². The van der Waals surface area contributed by atoms with Crippen molar-refractivity contribution in [1.82, 2.24) is 15.5 Å². The molecule has 0 radical (unpaired) electrons. The van der Waals surface area contributed by atoms with Crippen LogP contribution in [-0.4, -0.2) is 62.7 Å². The molecular formula is C19H28BrIN4O2. The molecule has 0 aromatic heterocycles. The second-order valence-corrected chi connectivity index (χ2v) is 7.89. The molecule has 2 aliphatic rings. The second kappa shape index (κ2) is 10.6.